The third kappa shape index (κ3) is 1.99. The molecule has 92 valence electrons. The summed E-state index contributed by atoms with van der Waals surface area (Å²) >= 11 is 3.52. The number of ether oxygens (including phenoxy) is 1. The van der Waals surface area contributed by atoms with Crippen molar-refractivity contribution in [2.24, 2.45) is 0 Å². The highest BCUT2D eigenvalue weighted by molar-refractivity contribution is 9.10. The van der Waals surface area contributed by atoms with E-state index >= 15 is 0 Å². The van der Waals surface area contributed by atoms with Crippen LogP contribution in [0.15, 0.2) is 16.6 Å². The van der Waals surface area contributed by atoms with Crippen molar-refractivity contribution in [3.8, 4) is 5.75 Å². The topological polar surface area (TPSA) is 49.8 Å². The van der Waals surface area contributed by atoms with Gasteiger partial charge in [0.2, 0.25) is 0 Å². The van der Waals surface area contributed by atoms with Gasteiger partial charge in [0.05, 0.1) is 17.6 Å². The smallest absolute Gasteiger partial charge is 0.407 e. The van der Waals surface area contributed by atoms with E-state index in [1.807, 2.05) is 19.1 Å². The zero-order chi connectivity index (χ0) is 12.6. The van der Waals surface area contributed by atoms with Crippen molar-refractivity contribution in [1.82, 2.24) is 4.90 Å². The van der Waals surface area contributed by atoms with E-state index < -0.39 is 6.09 Å². The Bertz CT molecular complexity index is 461. The highest BCUT2D eigenvalue weighted by atomic mass is 79.9. The summed E-state index contributed by atoms with van der Waals surface area (Å²) in [7, 11) is 1.63. The first-order chi connectivity index (χ1) is 8.06. The van der Waals surface area contributed by atoms with Gasteiger partial charge in [-0.15, -0.1) is 0 Å². The van der Waals surface area contributed by atoms with Crippen LogP contribution in [0.25, 0.3) is 0 Å². The zero-order valence-electron chi connectivity index (χ0n) is 9.74. The van der Waals surface area contributed by atoms with E-state index in [-0.39, 0.29) is 6.04 Å². The average Bonchev–Trinajstić information content (AvgIpc) is 2.30. The van der Waals surface area contributed by atoms with Gasteiger partial charge >= 0.3 is 6.09 Å². The zero-order valence-corrected chi connectivity index (χ0v) is 11.3. The molecule has 1 aromatic carbocycles. The van der Waals surface area contributed by atoms with Crippen LogP contribution in [0.3, 0.4) is 0 Å². The molecule has 0 aromatic heterocycles. The number of carboxylic acid groups (broad SMARTS) is 1. The molecule has 1 aliphatic heterocycles. The Kier molecular flexibility index (Phi) is 3.28. The lowest BCUT2D eigenvalue weighted by Gasteiger charge is -2.33. The number of nitrogens with zero attached hydrogens (tertiary/aromatic N) is 1. The van der Waals surface area contributed by atoms with Crippen LogP contribution in [0.1, 0.15) is 24.1 Å². The molecule has 0 saturated heterocycles. The fraction of sp³-hybridized carbons (Fsp3) is 0.417. The first kappa shape index (κ1) is 12.2. The number of methoxy groups -OCH3 is 1. The first-order valence-corrected chi connectivity index (χ1v) is 6.20. The van der Waals surface area contributed by atoms with Gasteiger partial charge in [-0.2, -0.15) is 0 Å². The van der Waals surface area contributed by atoms with Gasteiger partial charge in [-0.1, -0.05) is 6.07 Å². The van der Waals surface area contributed by atoms with Crippen LogP contribution in [-0.2, 0) is 6.42 Å². The second-order valence-electron chi connectivity index (χ2n) is 4.05. The maximum Gasteiger partial charge on any atom is 0.407 e. The molecule has 17 heavy (non-hydrogen) atoms. The van der Waals surface area contributed by atoms with E-state index in [0.717, 1.165) is 21.3 Å². The molecule has 1 aliphatic rings. The Balaban J connectivity index is 2.45. The van der Waals surface area contributed by atoms with Crippen LogP contribution in [-0.4, -0.2) is 29.8 Å². The predicted molar refractivity (Wildman–Crippen MR) is 67.5 cm³/mol. The predicted octanol–water partition coefficient (Wildman–Crippen LogP) is 3.05. The number of fused-ring (bicyclic) bond motifs is 1. The third-order valence-corrected chi connectivity index (χ3v) is 4.10. The fourth-order valence-electron chi connectivity index (χ4n) is 2.27. The molecule has 0 aliphatic carbocycles. The van der Waals surface area contributed by atoms with Gasteiger partial charge in [0, 0.05) is 6.54 Å². The average molecular weight is 300 g/mol. The molecule has 2 rings (SSSR count). The number of hydrogen-bond donors (Lipinski definition) is 1. The SMILES string of the molecule is COc1ccc2c(c1Br)CCN(C(=O)O)[C@@H]2C. The van der Waals surface area contributed by atoms with Crippen molar-refractivity contribution in [3.05, 3.63) is 27.7 Å². The van der Waals surface area contributed by atoms with Crippen LogP contribution < -0.4 is 4.74 Å². The van der Waals surface area contributed by atoms with Crippen molar-refractivity contribution in [2.45, 2.75) is 19.4 Å². The normalized spacial score (nSPS) is 18.8. The Morgan fingerprint density at radius 3 is 2.88 bits per heavy atom. The monoisotopic (exact) mass is 299 g/mol. The molecular formula is C12H14BrNO3. The molecule has 0 saturated carbocycles. The van der Waals surface area contributed by atoms with E-state index in [9.17, 15) is 4.79 Å². The molecule has 0 bridgehead atoms. The number of hydrogen-bond acceptors (Lipinski definition) is 2. The minimum absolute atomic E-state index is 0.113. The molecule has 0 unspecified atom stereocenters. The Labute approximate surface area is 108 Å². The van der Waals surface area contributed by atoms with Gasteiger partial charge in [-0.25, -0.2) is 4.79 Å². The summed E-state index contributed by atoms with van der Waals surface area (Å²) in [6, 6.07) is 3.70. The minimum atomic E-state index is -0.866. The summed E-state index contributed by atoms with van der Waals surface area (Å²) in [5.74, 6) is 0.791. The van der Waals surface area contributed by atoms with E-state index in [1.54, 1.807) is 7.11 Å². The van der Waals surface area contributed by atoms with E-state index in [4.69, 9.17) is 9.84 Å². The quantitative estimate of drug-likeness (QED) is 0.867. The molecular weight excluding hydrogens is 286 g/mol. The second-order valence-corrected chi connectivity index (χ2v) is 4.84. The summed E-state index contributed by atoms with van der Waals surface area (Å²) in [6.07, 6.45) is -0.154. The van der Waals surface area contributed by atoms with Gasteiger partial charge in [0.15, 0.2) is 0 Å². The molecule has 1 N–H and O–H groups in total. The molecule has 1 heterocycles. The summed E-state index contributed by atoms with van der Waals surface area (Å²) in [6.45, 7) is 2.43. The number of carbonyl (C=O) groups is 1. The van der Waals surface area contributed by atoms with Crippen molar-refractivity contribution in [2.75, 3.05) is 13.7 Å². The Morgan fingerprint density at radius 2 is 2.29 bits per heavy atom. The Hall–Kier alpha value is -1.23. The summed E-state index contributed by atoms with van der Waals surface area (Å²) < 4.78 is 6.18. The molecule has 0 fully saturated rings. The van der Waals surface area contributed by atoms with Crippen LogP contribution >= 0.6 is 15.9 Å². The molecule has 1 atom stereocenters. The van der Waals surface area contributed by atoms with Crippen molar-refractivity contribution < 1.29 is 14.6 Å². The van der Waals surface area contributed by atoms with Gasteiger partial charge in [-0.3, -0.25) is 0 Å². The van der Waals surface area contributed by atoms with Crippen molar-refractivity contribution >= 4 is 22.0 Å². The Morgan fingerprint density at radius 1 is 1.59 bits per heavy atom. The van der Waals surface area contributed by atoms with Crippen molar-refractivity contribution in [1.29, 1.82) is 0 Å². The van der Waals surface area contributed by atoms with Gasteiger partial charge in [0.1, 0.15) is 5.75 Å². The molecule has 1 aromatic rings. The maximum absolute atomic E-state index is 11.1. The number of halogens is 1. The fourth-order valence-corrected chi connectivity index (χ4v) is 2.99. The van der Waals surface area contributed by atoms with Gasteiger partial charge in [0.25, 0.3) is 0 Å². The lowest BCUT2D eigenvalue weighted by Crippen LogP contribution is -2.37. The lowest BCUT2D eigenvalue weighted by atomic mass is 9.93. The minimum Gasteiger partial charge on any atom is -0.496 e. The van der Waals surface area contributed by atoms with E-state index in [0.29, 0.717) is 13.0 Å². The molecule has 4 nitrogen and oxygen atoms in total. The standard InChI is InChI=1S/C12H14BrNO3/c1-7-8-3-4-10(17-2)11(13)9(8)5-6-14(7)12(15)16/h3-4,7H,5-6H2,1-2H3,(H,15,16)/t7-/m1/s1. The highest BCUT2D eigenvalue weighted by Gasteiger charge is 2.29. The second kappa shape index (κ2) is 4.56. The molecule has 1 amide bonds. The van der Waals surface area contributed by atoms with Crippen LogP contribution in [0, 0.1) is 0 Å². The number of rotatable bonds is 1. The summed E-state index contributed by atoms with van der Waals surface area (Å²) in [5.41, 5.74) is 2.20. The first-order valence-electron chi connectivity index (χ1n) is 5.41. The number of amides is 1. The molecule has 0 spiro atoms. The molecule has 0 radical (unpaired) electrons. The molecule has 5 heteroatoms. The lowest BCUT2D eigenvalue weighted by molar-refractivity contribution is 0.124. The van der Waals surface area contributed by atoms with E-state index in [2.05, 4.69) is 15.9 Å². The van der Waals surface area contributed by atoms with Gasteiger partial charge < -0.3 is 14.7 Å². The maximum atomic E-state index is 11.1. The highest BCUT2D eigenvalue weighted by Crippen LogP contribution is 2.38. The largest absolute Gasteiger partial charge is 0.496 e. The number of benzene rings is 1. The van der Waals surface area contributed by atoms with E-state index in [1.165, 1.54) is 4.90 Å². The summed E-state index contributed by atoms with van der Waals surface area (Å²) in [4.78, 5) is 12.5. The van der Waals surface area contributed by atoms with Crippen molar-refractivity contribution in [3.63, 3.8) is 0 Å². The third-order valence-electron chi connectivity index (χ3n) is 3.23. The van der Waals surface area contributed by atoms with Gasteiger partial charge in [-0.05, 0) is 46.5 Å². The van der Waals surface area contributed by atoms with Crippen LogP contribution in [0.4, 0.5) is 4.79 Å². The van der Waals surface area contributed by atoms with Crippen LogP contribution in [0.2, 0.25) is 0 Å². The summed E-state index contributed by atoms with van der Waals surface area (Å²) in [5, 5.41) is 9.09. The van der Waals surface area contributed by atoms with Crippen LogP contribution in [0.5, 0.6) is 5.75 Å².